The molecule has 8 heteroatoms. The van der Waals surface area contributed by atoms with Gasteiger partial charge >= 0.3 is 0 Å². The number of aryl methyl sites for hydroxylation is 1. The van der Waals surface area contributed by atoms with Crippen molar-refractivity contribution in [1.82, 2.24) is 19.6 Å². The van der Waals surface area contributed by atoms with Gasteiger partial charge in [-0.25, -0.2) is 18.1 Å². The SMILES string of the molecule is CCc1ncc(S(=O)(=O)NCC(CC)N2CCOCC2)[nH]1. The summed E-state index contributed by atoms with van der Waals surface area (Å²) in [5.41, 5.74) is 0. The molecule has 21 heavy (non-hydrogen) atoms. The second-order valence-corrected chi connectivity index (χ2v) is 6.85. The highest BCUT2D eigenvalue weighted by Crippen LogP contribution is 2.10. The number of aromatic nitrogens is 2. The van der Waals surface area contributed by atoms with Crippen molar-refractivity contribution in [3.05, 3.63) is 12.0 Å². The van der Waals surface area contributed by atoms with E-state index < -0.39 is 10.0 Å². The van der Waals surface area contributed by atoms with Gasteiger partial charge in [0.25, 0.3) is 10.0 Å². The van der Waals surface area contributed by atoms with Gasteiger partial charge in [0.15, 0.2) is 5.03 Å². The van der Waals surface area contributed by atoms with Crippen molar-refractivity contribution >= 4 is 10.0 Å². The van der Waals surface area contributed by atoms with Gasteiger partial charge in [-0.05, 0) is 6.42 Å². The summed E-state index contributed by atoms with van der Waals surface area (Å²) in [6.07, 6.45) is 2.95. The van der Waals surface area contributed by atoms with E-state index in [0.717, 1.165) is 19.5 Å². The molecule has 0 radical (unpaired) electrons. The molecule has 2 rings (SSSR count). The Hall–Kier alpha value is -0.960. The summed E-state index contributed by atoms with van der Waals surface area (Å²) in [4.78, 5) is 9.14. The monoisotopic (exact) mass is 316 g/mol. The first-order valence-corrected chi connectivity index (χ1v) is 8.90. The van der Waals surface area contributed by atoms with Crippen LogP contribution in [-0.4, -0.2) is 62.2 Å². The number of hydrogen-bond donors (Lipinski definition) is 2. The molecule has 0 aromatic carbocycles. The summed E-state index contributed by atoms with van der Waals surface area (Å²) in [5.74, 6) is 0.676. The lowest BCUT2D eigenvalue weighted by molar-refractivity contribution is 0.0169. The Bertz CT molecular complexity index is 537. The fraction of sp³-hybridized carbons (Fsp3) is 0.769. The number of morpholine rings is 1. The zero-order valence-electron chi connectivity index (χ0n) is 12.6. The van der Waals surface area contributed by atoms with E-state index in [1.165, 1.54) is 6.20 Å². The molecule has 0 bridgehead atoms. The Kier molecular flexibility index (Phi) is 5.74. The summed E-state index contributed by atoms with van der Waals surface area (Å²) in [6, 6.07) is 0.192. The number of hydrogen-bond acceptors (Lipinski definition) is 5. The van der Waals surface area contributed by atoms with E-state index in [-0.39, 0.29) is 11.1 Å². The number of nitrogens with zero attached hydrogens (tertiary/aromatic N) is 2. The maximum absolute atomic E-state index is 12.2. The van der Waals surface area contributed by atoms with Crippen molar-refractivity contribution in [2.75, 3.05) is 32.8 Å². The zero-order valence-corrected chi connectivity index (χ0v) is 13.4. The highest BCUT2D eigenvalue weighted by Gasteiger charge is 2.23. The fourth-order valence-electron chi connectivity index (χ4n) is 2.42. The number of imidazole rings is 1. The quantitative estimate of drug-likeness (QED) is 0.758. The molecule has 1 fully saturated rings. The first-order valence-electron chi connectivity index (χ1n) is 7.42. The third kappa shape index (κ3) is 4.26. The van der Waals surface area contributed by atoms with Crippen molar-refractivity contribution in [2.24, 2.45) is 0 Å². The molecular formula is C13H24N4O3S. The number of sulfonamides is 1. The lowest BCUT2D eigenvalue weighted by atomic mass is 10.2. The van der Waals surface area contributed by atoms with Crippen LogP contribution in [0.2, 0.25) is 0 Å². The van der Waals surface area contributed by atoms with Gasteiger partial charge in [0.05, 0.1) is 19.4 Å². The maximum atomic E-state index is 12.2. The third-order valence-corrected chi connectivity index (χ3v) is 5.11. The summed E-state index contributed by atoms with van der Waals surface area (Å²) >= 11 is 0. The largest absolute Gasteiger partial charge is 0.379 e. The van der Waals surface area contributed by atoms with E-state index in [4.69, 9.17) is 4.74 Å². The van der Waals surface area contributed by atoms with Crippen molar-refractivity contribution in [1.29, 1.82) is 0 Å². The van der Waals surface area contributed by atoms with Crippen LogP contribution in [0.4, 0.5) is 0 Å². The minimum absolute atomic E-state index is 0.135. The molecule has 2 N–H and O–H groups in total. The first kappa shape index (κ1) is 16.4. The van der Waals surface area contributed by atoms with Crippen LogP contribution >= 0.6 is 0 Å². The van der Waals surface area contributed by atoms with Crippen LogP contribution in [0.5, 0.6) is 0 Å². The number of H-pyrrole nitrogens is 1. The Balaban J connectivity index is 1.95. The fourth-order valence-corrected chi connectivity index (χ4v) is 3.43. The molecular weight excluding hydrogens is 292 g/mol. The highest BCUT2D eigenvalue weighted by molar-refractivity contribution is 7.89. The maximum Gasteiger partial charge on any atom is 0.257 e. The minimum Gasteiger partial charge on any atom is -0.379 e. The van der Waals surface area contributed by atoms with Gasteiger partial charge in [0, 0.05) is 32.1 Å². The van der Waals surface area contributed by atoms with E-state index in [0.29, 0.717) is 32.0 Å². The van der Waals surface area contributed by atoms with E-state index >= 15 is 0 Å². The van der Waals surface area contributed by atoms with Crippen LogP contribution in [-0.2, 0) is 21.2 Å². The summed E-state index contributed by atoms with van der Waals surface area (Å²) in [5, 5.41) is 0.135. The van der Waals surface area contributed by atoms with Crippen LogP contribution < -0.4 is 4.72 Å². The number of aromatic amines is 1. The molecule has 1 unspecified atom stereocenters. The predicted molar refractivity (Wildman–Crippen MR) is 79.6 cm³/mol. The van der Waals surface area contributed by atoms with Gasteiger partial charge in [0.2, 0.25) is 0 Å². The normalized spacial score (nSPS) is 18.8. The van der Waals surface area contributed by atoms with Crippen LogP contribution in [0.3, 0.4) is 0 Å². The van der Waals surface area contributed by atoms with Crippen molar-refractivity contribution in [2.45, 2.75) is 37.8 Å². The summed E-state index contributed by atoms with van der Waals surface area (Å²) in [6.45, 7) is 7.52. The molecule has 1 aliphatic heterocycles. The van der Waals surface area contributed by atoms with E-state index in [9.17, 15) is 8.42 Å². The van der Waals surface area contributed by atoms with Gasteiger partial charge in [-0.3, -0.25) is 4.90 Å². The molecule has 1 aromatic heterocycles. The number of ether oxygens (including phenoxy) is 1. The molecule has 0 saturated carbocycles. The molecule has 0 spiro atoms. The summed E-state index contributed by atoms with van der Waals surface area (Å²) in [7, 11) is -3.52. The molecule has 1 aliphatic rings. The number of rotatable bonds is 7. The van der Waals surface area contributed by atoms with E-state index in [2.05, 4.69) is 26.5 Å². The van der Waals surface area contributed by atoms with Crippen molar-refractivity contribution < 1.29 is 13.2 Å². The van der Waals surface area contributed by atoms with Gasteiger partial charge < -0.3 is 9.72 Å². The molecule has 1 atom stereocenters. The third-order valence-electron chi connectivity index (χ3n) is 3.77. The first-order chi connectivity index (χ1) is 10.1. The van der Waals surface area contributed by atoms with E-state index in [1.807, 2.05) is 6.92 Å². The van der Waals surface area contributed by atoms with Crippen LogP contribution in [0.1, 0.15) is 26.1 Å². The van der Waals surface area contributed by atoms with Crippen molar-refractivity contribution in [3.8, 4) is 0 Å². The molecule has 2 heterocycles. The van der Waals surface area contributed by atoms with Gasteiger partial charge in [-0.15, -0.1) is 0 Å². The molecule has 0 amide bonds. The Morgan fingerprint density at radius 2 is 2.14 bits per heavy atom. The lowest BCUT2D eigenvalue weighted by Gasteiger charge is -2.33. The van der Waals surface area contributed by atoms with Crippen LogP contribution in [0.25, 0.3) is 0 Å². The topological polar surface area (TPSA) is 87.3 Å². The average molecular weight is 316 g/mol. The van der Waals surface area contributed by atoms with Gasteiger partial charge in [0.1, 0.15) is 5.82 Å². The molecule has 1 aromatic rings. The molecule has 0 aliphatic carbocycles. The Labute approximate surface area is 126 Å². The van der Waals surface area contributed by atoms with E-state index in [1.54, 1.807) is 0 Å². The smallest absolute Gasteiger partial charge is 0.257 e. The van der Waals surface area contributed by atoms with Crippen molar-refractivity contribution in [3.63, 3.8) is 0 Å². The minimum atomic E-state index is -3.52. The lowest BCUT2D eigenvalue weighted by Crippen LogP contribution is -2.48. The Morgan fingerprint density at radius 1 is 1.43 bits per heavy atom. The van der Waals surface area contributed by atoms with Gasteiger partial charge in [-0.1, -0.05) is 13.8 Å². The van der Waals surface area contributed by atoms with Crippen LogP contribution in [0.15, 0.2) is 11.2 Å². The van der Waals surface area contributed by atoms with Crippen LogP contribution in [0, 0.1) is 0 Å². The molecule has 7 nitrogen and oxygen atoms in total. The number of nitrogens with one attached hydrogen (secondary N) is 2. The second kappa shape index (κ2) is 7.35. The average Bonchev–Trinajstić information content (AvgIpc) is 2.99. The predicted octanol–water partition coefficient (Wildman–Crippen LogP) is 0.361. The molecule has 120 valence electrons. The molecule has 1 saturated heterocycles. The van der Waals surface area contributed by atoms with Gasteiger partial charge in [-0.2, -0.15) is 0 Å². The summed E-state index contributed by atoms with van der Waals surface area (Å²) < 4.78 is 32.5. The highest BCUT2D eigenvalue weighted by atomic mass is 32.2. The second-order valence-electron chi connectivity index (χ2n) is 5.11. The zero-order chi connectivity index (χ0) is 15.3. The standard InChI is InChI=1S/C13H24N4O3S/c1-3-11(17-5-7-20-8-6-17)9-15-21(18,19)13-10-14-12(4-2)16-13/h10-11,15H,3-9H2,1-2H3,(H,14,16). The Morgan fingerprint density at radius 3 is 2.71 bits per heavy atom.